The van der Waals surface area contributed by atoms with E-state index in [0.29, 0.717) is 11.4 Å². The lowest BCUT2D eigenvalue weighted by atomic mass is 10.2. The van der Waals surface area contributed by atoms with Gasteiger partial charge in [-0.3, -0.25) is 13.9 Å². The van der Waals surface area contributed by atoms with Gasteiger partial charge >= 0.3 is 5.69 Å². The van der Waals surface area contributed by atoms with Gasteiger partial charge in [-0.2, -0.15) is 0 Å². The average molecular weight is 260 g/mol. The second kappa shape index (κ2) is 5.14. The number of hydrogen-bond donors (Lipinski definition) is 0. The van der Waals surface area contributed by atoms with Gasteiger partial charge in [0.15, 0.2) is 0 Å². The van der Waals surface area contributed by atoms with Crippen LogP contribution in [0, 0.1) is 6.92 Å². The first-order valence-corrected chi connectivity index (χ1v) is 5.94. The molecule has 5 nitrogen and oxygen atoms in total. The van der Waals surface area contributed by atoms with Crippen molar-refractivity contribution in [1.29, 1.82) is 0 Å². The number of ether oxygens (including phenoxy) is 1. The molecule has 2 rings (SSSR count). The summed E-state index contributed by atoms with van der Waals surface area (Å²) in [5.74, 6) is 0.716. The molecule has 0 spiro atoms. The van der Waals surface area contributed by atoms with Crippen molar-refractivity contribution < 1.29 is 4.74 Å². The Balaban J connectivity index is 2.26. The summed E-state index contributed by atoms with van der Waals surface area (Å²) in [5, 5.41) is 0. The fourth-order valence-corrected chi connectivity index (χ4v) is 1.78. The van der Waals surface area contributed by atoms with Gasteiger partial charge in [0.25, 0.3) is 5.56 Å². The predicted molar refractivity (Wildman–Crippen MR) is 72.4 cm³/mol. The Kier molecular flexibility index (Phi) is 3.55. The van der Waals surface area contributed by atoms with Gasteiger partial charge in [-0.25, -0.2) is 4.79 Å². The monoisotopic (exact) mass is 260 g/mol. The van der Waals surface area contributed by atoms with Crippen molar-refractivity contribution in [3.63, 3.8) is 0 Å². The number of nitrogens with zero attached hydrogens (tertiary/aromatic N) is 2. The zero-order valence-corrected chi connectivity index (χ0v) is 11.2. The van der Waals surface area contributed by atoms with Crippen LogP contribution in [0.2, 0.25) is 0 Å². The van der Waals surface area contributed by atoms with Crippen LogP contribution in [0.1, 0.15) is 11.3 Å². The number of aromatic nitrogens is 2. The van der Waals surface area contributed by atoms with Crippen LogP contribution in [0.3, 0.4) is 0 Å². The fourth-order valence-electron chi connectivity index (χ4n) is 1.78. The first kappa shape index (κ1) is 13.1. The average Bonchev–Trinajstić information content (AvgIpc) is 2.39. The normalized spacial score (nSPS) is 10.5. The van der Waals surface area contributed by atoms with Gasteiger partial charge in [-0.05, 0) is 24.6 Å². The van der Waals surface area contributed by atoms with Gasteiger partial charge in [0, 0.05) is 20.2 Å². The van der Waals surface area contributed by atoms with E-state index in [0.717, 1.165) is 10.1 Å². The first-order chi connectivity index (χ1) is 8.99. The summed E-state index contributed by atoms with van der Waals surface area (Å²) >= 11 is 0. The van der Waals surface area contributed by atoms with Gasteiger partial charge in [-0.15, -0.1) is 0 Å². The molecule has 0 aliphatic carbocycles. The molecule has 1 aromatic heterocycles. The van der Waals surface area contributed by atoms with Gasteiger partial charge < -0.3 is 4.74 Å². The van der Waals surface area contributed by atoms with Crippen molar-refractivity contribution in [3.05, 3.63) is 62.4 Å². The lowest BCUT2D eigenvalue weighted by molar-refractivity contribution is 0.293. The third-order valence-corrected chi connectivity index (χ3v) is 3.00. The van der Waals surface area contributed by atoms with Crippen LogP contribution in [-0.4, -0.2) is 9.13 Å². The Hall–Kier alpha value is -2.30. The summed E-state index contributed by atoms with van der Waals surface area (Å²) in [7, 11) is 3.08. The van der Waals surface area contributed by atoms with E-state index in [1.165, 1.54) is 17.7 Å². The standard InChI is InChI=1S/C14H16N2O3/c1-10-5-4-6-12(7-10)19-9-11-8-13(17)16(3)14(18)15(11)2/h4-8H,9H2,1-3H3. The molecule has 1 heterocycles. The van der Waals surface area contributed by atoms with Crippen molar-refractivity contribution >= 4 is 0 Å². The molecule has 0 aliphatic heterocycles. The third kappa shape index (κ3) is 2.76. The van der Waals surface area contributed by atoms with Gasteiger partial charge in [-0.1, -0.05) is 12.1 Å². The molecule has 0 saturated carbocycles. The van der Waals surface area contributed by atoms with Crippen LogP contribution in [0.25, 0.3) is 0 Å². The van der Waals surface area contributed by atoms with Crippen LogP contribution >= 0.6 is 0 Å². The second-order valence-electron chi connectivity index (χ2n) is 4.48. The Morgan fingerprint density at radius 2 is 1.84 bits per heavy atom. The Morgan fingerprint density at radius 3 is 2.53 bits per heavy atom. The molecule has 100 valence electrons. The maximum absolute atomic E-state index is 11.7. The molecule has 5 heteroatoms. The van der Waals surface area contributed by atoms with Crippen LogP contribution < -0.4 is 16.0 Å². The minimum absolute atomic E-state index is 0.186. The minimum Gasteiger partial charge on any atom is -0.487 e. The fraction of sp³-hybridized carbons (Fsp3) is 0.286. The van der Waals surface area contributed by atoms with Crippen LogP contribution in [0.5, 0.6) is 5.75 Å². The van der Waals surface area contributed by atoms with Crippen molar-refractivity contribution in [2.24, 2.45) is 14.1 Å². The molecule has 0 radical (unpaired) electrons. The van der Waals surface area contributed by atoms with E-state index >= 15 is 0 Å². The highest BCUT2D eigenvalue weighted by molar-refractivity contribution is 5.27. The number of hydrogen-bond acceptors (Lipinski definition) is 3. The van der Waals surface area contributed by atoms with E-state index in [1.807, 2.05) is 31.2 Å². The minimum atomic E-state index is -0.352. The lowest BCUT2D eigenvalue weighted by Crippen LogP contribution is -2.38. The molecular weight excluding hydrogens is 244 g/mol. The second-order valence-corrected chi connectivity index (χ2v) is 4.48. The van der Waals surface area contributed by atoms with Crippen LogP contribution in [-0.2, 0) is 20.7 Å². The summed E-state index contributed by atoms with van der Waals surface area (Å²) in [5.41, 5.74) is 0.964. The summed E-state index contributed by atoms with van der Waals surface area (Å²) in [6.07, 6.45) is 0. The quantitative estimate of drug-likeness (QED) is 0.826. The highest BCUT2D eigenvalue weighted by Gasteiger charge is 2.06. The number of aryl methyl sites for hydroxylation is 1. The van der Waals surface area contributed by atoms with Crippen LogP contribution in [0.4, 0.5) is 0 Å². The first-order valence-electron chi connectivity index (χ1n) is 5.94. The zero-order valence-electron chi connectivity index (χ0n) is 11.2. The molecule has 0 amide bonds. The maximum Gasteiger partial charge on any atom is 0.330 e. The topological polar surface area (TPSA) is 53.2 Å². The van der Waals surface area contributed by atoms with E-state index in [4.69, 9.17) is 4.74 Å². The Bertz CT molecular complexity index is 713. The summed E-state index contributed by atoms with van der Waals surface area (Å²) in [6.45, 7) is 2.16. The maximum atomic E-state index is 11.7. The number of benzene rings is 1. The van der Waals surface area contributed by atoms with E-state index < -0.39 is 0 Å². The van der Waals surface area contributed by atoms with Crippen molar-refractivity contribution in [2.75, 3.05) is 0 Å². The molecule has 0 fully saturated rings. The molecule has 0 saturated heterocycles. The van der Waals surface area contributed by atoms with E-state index in [9.17, 15) is 9.59 Å². The van der Waals surface area contributed by atoms with Gasteiger partial charge in [0.2, 0.25) is 0 Å². The predicted octanol–water partition coefficient (Wildman–Crippen LogP) is 0.971. The van der Waals surface area contributed by atoms with E-state index in [1.54, 1.807) is 7.05 Å². The molecule has 0 bridgehead atoms. The molecule has 0 N–H and O–H groups in total. The molecule has 2 aromatic rings. The Labute approximate surface area is 110 Å². The highest BCUT2D eigenvalue weighted by atomic mass is 16.5. The van der Waals surface area contributed by atoms with Gasteiger partial charge in [0.1, 0.15) is 12.4 Å². The summed E-state index contributed by atoms with van der Waals surface area (Å²) < 4.78 is 8.08. The summed E-state index contributed by atoms with van der Waals surface area (Å²) in [4.78, 5) is 23.3. The van der Waals surface area contributed by atoms with E-state index in [-0.39, 0.29) is 17.9 Å². The lowest BCUT2D eigenvalue weighted by Gasteiger charge is -2.11. The SMILES string of the molecule is Cc1cccc(OCc2cc(=O)n(C)c(=O)n2C)c1. The number of rotatable bonds is 3. The zero-order chi connectivity index (χ0) is 14.0. The van der Waals surface area contributed by atoms with Crippen LogP contribution in [0.15, 0.2) is 39.9 Å². The molecule has 0 aliphatic rings. The third-order valence-electron chi connectivity index (χ3n) is 3.00. The largest absolute Gasteiger partial charge is 0.487 e. The molecule has 19 heavy (non-hydrogen) atoms. The highest BCUT2D eigenvalue weighted by Crippen LogP contribution is 2.13. The van der Waals surface area contributed by atoms with E-state index in [2.05, 4.69) is 0 Å². The van der Waals surface area contributed by atoms with Crippen molar-refractivity contribution in [3.8, 4) is 5.75 Å². The molecule has 0 atom stereocenters. The smallest absolute Gasteiger partial charge is 0.330 e. The summed E-state index contributed by atoms with van der Waals surface area (Å²) in [6, 6.07) is 9.02. The van der Waals surface area contributed by atoms with Crippen molar-refractivity contribution in [1.82, 2.24) is 9.13 Å². The van der Waals surface area contributed by atoms with Gasteiger partial charge in [0.05, 0.1) is 5.69 Å². The molecular formula is C14H16N2O3. The molecule has 1 aromatic carbocycles. The Morgan fingerprint density at radius 1 is 1.11 bits per heavy atom. The molecule has 0 unspecified atom stereocenters. The van der Waals surface area contributed by atoms with Crippen molar-refractivity contribution in [2.45, 2.75) is 13.5 Å².